The maximum atomic E-state index is 12.0. The Morgan fingerprint density at radius 2 is 1.92 bits per heavy atom. The molecule has 7 heteroatoms. The minimum absolute atomic E-state index is 0.249. The summed E-state index contributed by atoms with van der Waals surface area (Å²) in [5.74, 6) is 0.475. The first kappa shape index (κ1) is 16.1. The molecule has 0 unspecified atom stereocenters. The fraction of sp³-hybridized carbons (Fsp3) is 0.176. The summed E-state index contributed by atoms with van der Waals surface area (Å²) in [5.41, 5.74) is 4.55. The number of benzene rings is 1. The number of hydrogen-bond acceptors (Lipinski definition) is 6. The maximum absolute atomic E-state index is 12.0. The number of nitrogens with one attached hydrogen (secondary N) is 2. The van der Waals surface area contributed by atoms with Crippen LogP contribution in [0.3, 0.4) is 0 Å². The Bertz CT molecular complexity index is 785. The first-order valence-electron chi connectivity index (χ1n) is 7.60. The van der Waals surface area contributed by atoms with Crippen LogP contribution in [0.1, 0.15) is 28.4 Å². The van der Waals surface area contributed by atoms with E-state index in [0.717, 1.165) is 12.2 Å². The molecule has 24 heavy (non-hydrogen) atoms. The van der Waals surface area contributed by atoms with Gasteiger partial charge in [0, 0.05) is 12.7 Å². The van der Waals surface area contributed by atoms with E-state index < -0.39 is 0 Å². The van der Waals surface area contributed by atoms with Gasteiger partial charge in [-0.2, -0.15) is 0 Å². The molecule has 2 N–H and O–H groups in total. The summed E-state index contributed by atoms with van der Waals surface area (Å²) in [6.45, 7) is 2.83. The summed E-state index contributed by atoms with van der Waals surface area (Å²) in [6.07, 6.45) is 2.58. The molecule has 1 aromatic carbocycles. The molecule has 0 atom stereocenters. The number of carbonyl (C=O) groups is 1. The predicted octanol–water partition coefficient (Wildman–Crippen LogP) is 3.36. The topological polar surface area (TPSA) is 79.8 Å². The second-order valence-corrected chi connectivity index (χ2v) is 5.99. The quantitative estimate of drug-likeness (QED) is 0.720. The smallest absolute Gasteiger partial charge is 0.259 e. The second-order valence-electron chi connectivity index (χ2n) is 5.15. The lowest BCUT2D eigenvalue weighted by Crippen LogP contribution is -2.12. The van der Waals surface area contributed by atoms with Crippen molar-refractivity contribution in [3.63, 3.8) is 0 Å². The van der Waals surface area contributed by atoms with Crippen molar-refractivity contribution in [2.45, 2.75) is 19.9 Å². The monoisotopic (exact) mass is 339 g/mol. The van der Waals surface area contributed by atoms with Crippen molar-refractivity contribution in [1.29, 1.82) is 0 Å². The lowest BCUT2D eigenvalue weighted by Gasteiger charge is -2.07. The summed E-state index contributed by atoms with van der Waals surface area (Å²) in [4.78, 5) is 16.3. The van der Waals surface area contributed by atoms with Gasteiger partial charge in [-0.3, -0.25) is 10.1 Å². The Kier molecular flexibility index (Phi) is 5.12. The third-order valence-electron chi connectivity index (χ3n) is 3.51. The molecule has 122 valence electrons. The molecule has 0 saturated carbocycles. The second kappa shape index (κ2) is 7.65. The summed E-state index contributed by atoms with van der Waals surface area (Å²) in [7, 11) is 0. The molecule has 0 aliphatic rings. The largest absolute Gasteiger partial charge is 0.366 e. The summed E-state index contributed by atoms with van der Waals surface area (Å²) in [6, 6.07) is 12.0. The van der Waals surface area contributed by atoms with E-state index in [1.54, 1.807) is 23.8 Å². The molecule has 0 saturated heterocycles. The van der Waals surface area contributed by atoms with E-state index in [1.807, 2.05) is 0 Å². The van der Waals surface area contributed by atoms with E-state index in [-0.39, 0.29) is 5.91 Å². The number of rotatable bonds is 6. The normalized spacial score (nSPS) is 10.4. The zero-order valence-electron chi connectivity index (χ0n) is 13.2. The molecule has 0 spiro atoms. The van der Waals surface area contributed by atoms with Gasteiger partial charge in [0.25, 0.3) is 5.91 Å². The highest BCUT2D eigenvalue weighted by molar-refractivity contribution is 7.13. The van der Waals surface area contributed by atoms with Crippen LogP contribution in [0.5, 0.6) is 0 Å². The van der Waals surface area contributed by atoms with Crippen molar-refractivity contribution >= 4 is 28.2 Å². The van der Waals surface area contributed by atoms with Gasteiger partial charge in [-0.15, -0.1) is 10.2 Å². The minimum Gasteiger partial charge on any atom is -0.366 e. The van der Waals surface area contributed by atoms with Crippen molar-refractivity contribution in [3.8, 4) is 0 Å². The molecule has 6 nitrogen and oxygen atoms in total. The third kappa shape index (κ3) is 4.14. The average molecular weight is 339 g/mol. The van der Waals surface area contributed by atoms with Gasteiger partial charge < -0.3 is 5.32 Å². The molecule has 3 aromatic rings. The third-order valence-corrected chi connectivity index (χ3v) is 4.12. The molecule has 0 radical (unpaired) electrons. The number of nitrogens with zero attached hydrogens (tertiary/aromatic N) is 3. The molecular weight excluding hydrogens is 322 g/mol. The van der Waals surface area contributed by atoms with Gasteiger partial charge in [-0.05, 0) is 29.7 Å². The molecule has 1 amide bonds. The Morgan fingerprint density at radius 3 is 2.54 bits per heavy atom. The molecule has 2 aromatic heterocycles. The van der Waals surface area contributed by atoms with E-state index >= 15 is 0 Å². The number of aromatic nitrogens is 3. The first-order chi connectivity index (χ1) is 11.7. The maximum Gasteiger partial charge on any atom is 0.259 e. The highest BCUT2D eigenvalue weighted by Gasteiger charge is 2.08. The van der Waals surface area contributed by atoms with Crippen molar-refractivity contribution in [3.05, 3.63) is 64.8 Å². The van der Waals surface area contributed by atoms with Crippen LogP contribution < -0.4 is 10.6 Å². The minimum atomic E-state index is -0.249. The number of anilines is 2. The summed E-state index contributed by atoms with van der Waals surface area (Å²) < 4.78 is 0. The van der Waals surface area contributed by atoms with Crippen molar-refractivity contribution < 1.29 is 4.79 Å². The average Bonchev–Trinajstić information content (AvgIpc) is 3.14. The molecule has 3 rings (SSSR count). The number of amides is 1. The predicted molar refractivity (Wildman–Crippen MR) is 95.2 cm³/mol. The van der Waals surface area contributed by atoms with Gasteiger partial charge in [0.05, 0.1) is 5.56 Å². The Morgan fingerprint density at radius 1 is 1.12 bits per heavy atom. The van der Waals surface area contributed by atoms with Crippen molar-refractivity contribution in [2.24, 2.45) is 0 Å². The molecule has 2 heterocycles. The van der Waals surface area contributed by atoms with Gasteiger partial charge in [0.1, 0.15) is 11.3 Å². The van der Waals surface area contributed by atoms with Crippen LogP contribution in [0.15, 0.2) is 48.1 Å². The number of aryl methyl sites for hydroxylation is 1. The van der Waals surface area contributed by atoms with Crippen molar-refractivity contribution in [2.75, 3.05) is 10.6 Å². The van der Waals surface area contributed by atoms with Crippen LogP contribution in [0.4, 0.5) is 10.9 Å². The van der Waals surface area contributed by atoms with Crippen LogP contribution in [0.25, 0.3) is 0 Å². The highest BCUT2D eigenvalue weighted by Crippen LogP contribution is 2.12. The van der Waals surface area contributed by atoms with Gasteiger partial charge in [-0.25, -0.2) is 4.98 Å². The zero-order valence-corrected chi connectivity index (χ0v) is 14.0. The van der Waals surface area contributed by atoms with E-state index in [0.29, 0.717) is 17.2 Å². The van der Waals surface area contributed by atoms with Crippen LogP contribution in [-0.2, 0) is 13.0 Å². The standard InChI is InChI=1S/C17H17N5OS/c1-2-12-3-5-13(6-4-12)9-18-15-8-7-14(10-19-15)16(23)21-17-22-20-11-24-17/h3-8,10-11H,2,9H2,1H3,(H,18,19)(H,21,22,23). The van der Waals surface area contributed by atoms with E-state index in [2.05, 4.69) is 57.0 Å². The highest BCUT2D eigenvalue weighted by atomic mass is 32.1. The molecule has 0 aliphatic carbocycles. The molecule has 0 aliphatic heterocycles. The van der Waals surface area contributed by atoms with Crippen molar-refractivity contribution in [1.82, 2.24) is 15.2 Å². The fourth-order valence-corrected chi connectivity index (χ4v) is 2.56. The van der Waals surface area contributed by atoms with Crippen LogP contribution in [0, 0.1) is 0 Å². The Balaban J connectivity index is 1.56. The summed E-state index contributed by atoms with van der Waals surface area (Å²) >= 11 is 1.27. The van der Waals surface area contributed by atoms with E-state index in [1.165, 1.54) is 22.5 Å². The molecule has 0 fully saturated rings. The van der Waals surface area contributed by atoms with E-state index in [4.69, 9.17) is 0 Å². The molecular formula is C17H17N5OS. The number of pyridine rings is 1. The van der Waals surface area contributed by atoms with Gasteiger partial charge >= 0.3 is 0 Å². The lowest BCUT2D eigenvalue weighted by molar-refractivity contribution is 0.102. The van der Waals surface area contributed by atoms with Crippen LogP contribution in [0.2, 0.25) is 0 Å². The lowest BCUT2D eigenvalue weighted by atomic mass is 10.1. The Labute approximate surface area is 144 Å². The SMILES string of the molecule is CCc1ccc(CNc2ccc(C(=O)Nc3nncs3)cn2)cc1. The first-order valence-corrected chi connectivity index (χ1v) is 8.48. The fourth-order valence-electron chi connectivity index (χ4n) is 2.12. The number of hydrogen-bond donors (Lipinski definition) is 2. The van der Waals surface area contributed by atoms with Gasteiger partial charge in [0.2, 0.25) is 5.13 Å². The summed E-state index contributed by atoms with van der Waals surface area (Å²) in [5, 5.41) is 13.8. The molecule has 0 bridgehead atoms. The van der Waals surface area contributed by atoms with Crippen LogP contribution in [-0.4, -0.2) is 21.1 Å². The van der Waals surface area contributed by atoms with Gasteiger partial charge in [-0.1, -0.05) is 42.5 Å². The van der Waals surface area contributed by atoms with Gasteiger partial charge in [0.15, 0.2) is 0 Å². The Hall–Kier alpha value is -2.80. The number of carbonyl (C=O) groups excluding carboxylic acids is 1. The zero-order chi connectivity index (χ0) is 16.8. The van der Waals surface area contributed by atoms with Crippen LogP contribution >= 0.6 is 11.3 Å². The van der Waals surface area contributed by atoms with E-state index in [9.17, 15) is 4.79 Å².